The Labute approximate surface area is 295 Å². The number of carbonyl (C=O) groups excluding carboxylic acids is 2. The number of hydrogen-bond donors (Lipinski definition) is 1. The normalized spacial score (nSPS) is 13.0. The van der Waals surface area contributed by atoms with Crippen LogP contribution < -0.4 is 19.1 Å². The number of benzene rings is 4. The largest absolute Gasteiger partial charge is 0.486 e. The number of halogens is 3. The number of nitrogens with zero attached hydrogens (tertiary/aromatic N) is 2. The van der Waals surface area contributed by atoms with Gasteiger partial charge in [0, 0.05) is 35.6 Å². The van der Waals surface area contributed by atoms with Crippen molar-refractivity contribution >= 4 is 50.7 Å². The first-order valence-corrected chi connectivity index (χ1v) is 18.0. The first-order valence-electron chi connectivity index (χ1n) is 15.8. The zero-order valence-electron chi connectivity index (χ0n) is 26.8. The molecule has 13 heteroatoms. The van der Waals surface area contributed by atoms with Gasteiger partial charge in [0.1, 0.15) is 31.6 Å². The monoisotopic (exact) mass is 727 g/mol. The van der Waals surface area contributed by atoms with Gasteiger partial charge in [-0.3, -0.25) is 13.9 Å². The molecule has 0 fully saturated rings. The van der Waals surface area contributed by atoms with E-state index in [4.69, 9.17) is 32.7 Å². The van der Waals surface area contributed by atoms with Crippen LogP contribution in [0, 0.1) is 5.82 Å². The van der Waals surface area contributed by atoms with Gasteiger partial charge in [0.25, 0.3) is 10.0 Å². The van der Waals surface area contributed by atoms with E-state index >= 15 is 0 Å². The van der Waals surface area contributed by atoms with E-state index in [1.54, 1.807) is 12.1 Å². The number of hydrogen-bond acceptors (Lipinski definition) is 6. The highest BCUT2D eigenvalue weighted by molar-refractivity contribution is 7.92. The summed E-state index contributed by atoms with van der Waals surface area (Å²) in [6.07, 6.45) is 1.71. The van der Waals surface area contributed by atoms with E-state index in [9.17, 15) is 22.4 Å². The quantitative estimate of drug-likeness (QED) is 0.146. The summed E-state index contributed by atoms with van der Waals surface area (Å²) in [7, 11) is -4.45. The van der Waals surface area contributed by atoms with Crippen molar-refractivity contribution in [2.24, 2.45) is 0 Å². The summed E-state index contributed by atoms with van der Waals surface area (Å²) in [5.74, 6) is -1.05. The standard InChI is InChI=1S/C36H36Cl2FN3O6S/c1-2-3-17-40-36(44)32(20-25-7-5-4-6-8-25)41(23-26-9-10-27(37)21-31(26)38)35(43)24-42(29-13-11-28(39)12-14-29)49(45,46)30-15-16-33-34(22-30)48-19-18-47-33/h4-16,21-22,32H,2-3,17-20,23-24H2,1H3,(H,40,44)/t32-/m1/s1. The van der Waals surface area contributed by atoms with E-state index < -0.39 is 40.2 Å². The van der Waals surface area contributed by atoms with Gasteiger partial charge in [-0.1, -0.05) is 72.9 Å². The minimum Gasteiger partial charge on any atom is -0.486 e. The lowest BCUT2D eigenvalue weighted by Crippen LogP contribution is -2.53. The summed E-state index contributed by atoms with van der Waals surface area (Å²) in [4.78, 5) is 29.7. The molecule has 1 N–H and O–H groups in total. The predicted molar refractivity (Wildman–Crippen MR) is 187 cm³/mol. The van der Waals surface area contributed by atoms with Crippen LogP contribution in [0.4, 0.5) is 10.1 Å². The van der Waals surface area contributed by atoms with Crippen molar-refractivity contribution in [1.82, 2.24) is 10.2 Å². The lowest BCUT2D eigenvalue weighted by Gasteiger charge is -2.34. The van der Waals surface area contributed by atoms with Crippen molar-refractivity contribution in [3.8, 4) is 11.5 Å². The third kappa shape index (κ3) is 9.03. The zero-order valence-corrected chi connectivity index (χ0v) is 29.1. The van der Waals surface area contributed by atoms with Crippen LogP contribution in [0.1, 0.15) is 30.9 Å². The first kappa shape index (κ1) is 36.0. The van der Waals surface area contributed by atoms with E-state index in [2.05, 4.69) is 5.32 Å². The molecule has 1 atom stereocenters. The number of ether oxygens (including phenoxy) is 2. The number of fused-ring (bicyclic) bond motifs is 1. The van der Waals surface area contributed by atoms with E-state index in [1.165, 1.54) is 41.3 Å². The average Bonchev–Trinajstić information content (AvgIpc) is 3.10. The molecule has 0 saturated heterocycles. The molecule has 49 heavy (non-hydrogen) atoms. The number of nitrogens with one attached hydrogen (secondary N) is 1. The van der Waals surface area contributed by atoms with Crippen LogP contribution in [0.25, 0.3) is 0 Å². The number of anilines is 1. The molecule has 1 aliphatic rings. The molecule has 1 aliphatic heterocycles. The van der Waals surface area contributed by atoms with Gasteiger partial charge in [-0.05, 0) is 66.1 Å². The highest BCUT2D eigenvalue weighted by Gasteiger charge is 2.35. The minimum atomic E-state index is -4.45. The van der Waals surface area contributed by atoms with Crippen molar-refractivity contribution in [3.63, 3.8) is 0 Å². The van der Waals surface area contributed by atoms with Crippen molar-refractivity contribution in [3.05, 3.63) is 118 Å². The summed E-state index contributed by atoms with van der Waals surface area (Å²) < 4.78 is 54.8. The number of sulfonamides is 1. The second-order valence-corrected chi connectivity index (χ2v) is 14.1. The Balaban J connectivity index is 1.58. The van der Waals surface area contributed by atoms with Gasteiger partial charge in [-0.15, -0.1) is 0 Å². The van der Waals surface area contributed by atoms with Crippen molar-refractivity contribution in [2.45, 2.75) is 43.7 Å². The molecule has 0 aliphatic carbocycles. The Kier molecular flexibility index (Phi) is 12.0. The molecule has 4 aromatic rings. The van der Waals surface area contributed by atoms with E-state index in [-0.39, 0.29) is 40.9 Å². The summed E-state index contributed by atoms with van der Waals surface area (Å²) in [6, 6.07) is 21.9. The molecule has 258 valence electrons. The van der Waals surface area contributed by atoms with Gasteiger partial charge >= 0.3 is 0 Å². The molecule has 0 saturated carbocycles. The lowest BCUT2D eigenvalue weighted by molar-refractivity contribution is -0.140. The lowest BCUT2D eigenvalue weighted by atomic mass is 10.0. The maximum absolute atomic E-state index is 14.6. The first-order chi connectivity index (χ1) is 23.6. The molecule has 0 spiro atoms. The number of unbranched alkanes of at least 4 members (excludes halogenated alkanes) is 1. The van der Waals surface area contributed by atoms with E-state index in [1.807, 2.05) is 37.3 Å². The van der Waals surface area contributed by atoms with Crippen molar-refractivity contribution in [1.29, 1.82) is 0 Å². The molecule has 5 rings (SSSR count). The molecular weight excluding hydrogens is 692 g/mol. The zero-order chi connectivity index (χ0) is 35.0. The molecular formula is C36H36Cl2FN3O6S. The second kappa shape index (κ2) is 16.4. The minimum absolute atomic E-state index is 0.0427. The molecule has 0 unspecified atom stereocenters. The fourth-order valence-electron chi connectivity index (χ4n) is 5.34. The van der Waals surface area contributed by atoms with E-state index in [0.29, 0.717) is 29.5 Å². The maximum Gasteiger partial charge on any atom is 0.264 e. The summed E-state index contributed by atoms with van der Waals surface area (Å²) in [6.45, 7) is 2.10. The van der Waals surface area contributed by atoms with Gasteiger partial charge in [-0.25, -0.2) is 12.8 Å². The molecule has 9 nitrogen and oxygen atoms in total. The van der Waals surface area contributed by atoms with Gasteiger partial charge in [0.05, 0.1) is 10.6 Å². The topological polar surface area (TPSA) is 105 Å². The summed E-state index contributed by atoms with van der Waals surface area (Å²) in [5, 5.41) is 3.60. The van der Waals surface area contributed by atoms with Crippen LogP contribution in [0.5, 0.6) is 11.5 Å². The van der Waals surface area contributed by atoms with Gasteiger partial charge in [-0.2, -0.15) is 0 Å². The Morgan fingerprint density at radius 3 is 2.33 bits per heavy atom. The maximum atomic E-state index is 14.6. The summed E-state index contributed by atoms with van der Waals surface area (Å²) >= 11 is 12.7. The number of amides is 2. The number of rotatable bonds is 14. The SMILES string of the molecule is CCCCNC(=O)[C@@H](Cc1ccccc1)N(Cc1ccc(Cl)cc1Cl)C(=O)CN(c1ccc(F)cc1)S(=O)(=O)c1ccc2c(c1)OCCO2. The Bertz CT molecular complexity index is 1880. The predicted octanol–water partition coefficient (Wildman–Crippen LogP) is 6.66. The van der Waals surface area contributed by atoms with Crippen LogP contribution in [0.15, 0.2) is 95.9 Å². The fraction of sp³-hybridized carbons (Fsp3) is 0.278. The Morgan fingerprint density at radius 2 is 1.63 bits per heavy atom. The highest BCUT2D eigenvalue weighted by Crippen LogP contribution is 2.34. The average molecular weight is 729 g/mol. The Morgan fingerprint density at radius 1 is 0.918 bits per heavy atom. The molecule has 0 bridgehead atoms. The molecule has 0 radical (unpaired) electrons. The van der Waals surface area contributed by atoms with Gasteiger partial charge in [0.15, 0.2) is 11.5 Å². The molecule has 2 amide bonds. The molecule has 0 aromatic heterocycles. The third-order valence-electron chi connectivity index (χ3n) is 7.95. The smallest absolute Gasteiger partial charge is 0.264 e. The van der Waals surface area contributed by atoms with Crippen LogP contribution in [0.2, 0.25) is 10.0 Å². The highest BCUT2D eigenvalue weighted by atomic mass is 35.5. The number of carbonyl (C=O) groups is 2. The fourth-order valence-corrected chi connectivity index (χ4v) is 7.24. The van der Waals surface area contributed by atoms with Crippen molar-refractivity contribution < 1.29 is 31.9 Å². The van der Waals surface area contributed by atoms with Crippen LogP contribution in [-0.2, 0) is 32.6 Å². The van der Waals surface area contributed by atoms with Crippen LogP contribution >= 0.6 is 23.2 Å². The summed E-state index contributed by atoms with van der Waals surface area (Å²) in [5.41, 5.74) is 1.33. The van der Waals surface area contributed by atoms with Crippen molar-refractivity contribution in [2.75, 3.05) is 30.6 Å². The third-order valence-corrected chi connectivity index (χ3v) is 10.3. The van der Waals surface area contributed by atoms with Crippen LogP contribution in [-0.4, -0.2) is 57.5 Å². The molecule has 4 aromatic carbocycles. The van der Waals surface area contributed by atoms with E-state index in [0.717, 1.165) is 34.8 Å². The Hall–Kier alpha value is -4.32. The molecule has 1 heterocycles. The second-order valence-electron chi connectivity index (χ2n) is 11.4. The van der Waals surface area contributed by atoms with Crippen LogP contribution in [0.3, 0.4) is 0 Å². The van der Waals surface area contributed by atoms with Gasteiger partial charge in [0.2, 0.25) is 11.8 Å². The van der Waals surface area contributed by atoms with Gasteiger partial charge < -0.3 is 19.7 Å².